The van der Waals surface area contributed by atoms with Crippen molar-refractivity contribution in [2.75, 3.05) is 0 Å². The van der Waals surface area contributed by atoms with Crippen LogP contribution in [0, 0.1) is 6.92 Å². The van der Waals surface area contributed by atoms with E-state index in [4.69, 9.17) is 0 Å². The highest BCUT2D eigenvalue weighted by molar-refractivity contribution is 7.09. The minimum Gasteiger partial charge on any atom is -0.302 e. The third-order valence-corrected chi connectivity index (χ3v) is 3.31. The molecule has 1 atom stereocenters. The van der Waals surface area contributed by atoms with Gasteiger partial charge in [0.05, 0.1) is 6.04 Å². The molecule has 0 aliphatic carbocycles. The molecule has 0 aromatic carbocycles. The van der Waals surface area contributed by atoms with Crippen LogP contribution < -0.4 is 5.32 Å². The Labute approximate surface area is 92.8 Å². The molecule has 2 aromatic heterocycles. The molecular weight excluding hydrogens is 208 g/mol. The van der Waals surface area contributed by atoms with Crippen LogP contribution in [0.2, 0.25) is 0 Å². The first kappa shape index (κ1) is 10.3. The lowest BCUT2D eigenvalue weighted by Crippen LogP contribution is -2.18. The van der Waals surface area contributed by atoms with E-state index < -0.39 is 0 Å². The van der Waals surface area contributed by atoms with E-state index in [0.29, 0.717) is 0 Å². The normalized spacial score (nSPS) is 12.9. The van der Waals surface area contributed by atoms with Gasteiger partial charge in [0.15, 0.2) is 0 Å². The number of H-pyrrole nitrogens is 1. The summed E-state index contributed by atoms with van der Waals surface area (Å²) >= 11 is 1.70. The van der Waals surface area contributed by atoms with Crippen LogP contribution in [-0.4, -0.2) is 15.2 Å². The summed E-state index contributed by atoms with van der Waals surface area (Å²) in [5.41, 5.74) is 2.18. The van der Waals surface area contributed by atoms with Crippen LogP contribution in [0.15, 0.2) is 17.6 Å². The zero-order valence-electron chi connectivity index (χ0n) is 8.82. The highest BCUT2D eigenvalue weighted by Crippen LogP contribution is 2.17. The lowest BCUT2D eigenvalue weighted by atomic mass is 10.3. The Morgan fingerprint density at radius 3 is 3.07 bits per heavy atom. The largest absolute Gasteiger partial charge is 0.302 e. The number of hydrogen-bond acceptors (Lipinski definition) is 4. The molecule has 5 heteroatoms. The molecule has 0 saturated carbocycles. The first-order valence-electron chi connectivity index (χ1n) is 4.89. The fourth-order valence-corrected chi connectivity index (χ4v) is 2.13. The second kappa shape index (κ2) is 4.55. The molecule has 0 spiro atoms. The van der Waals surface area contributed by atoms with Gasteiger partial charge >= 0.3 is 0 Å². The maximum Gasteiger partial charge on any atom is 0.110 e. The van der Waals surface area contributed by atoms with Gasteiger partial charge in [-0.05, 0) is 19.9 Å². The van der Waals surface area contributed by atoms with E-state index in [2.05, 4.69) is 32.8 Å². The molecule has 0 aliphatic rings. The monoisotopic (exact) mass is 222 g/mol. The van der Waals surface area contributed by atoms with E-state index in [1.807, 2.05) is 13.0 Å². The summed E-state index contributed by atoms with van der Waals surface area (Å²) in [5.74, 6) is 0. The highest BCUT2D eigenvalue weighted by atomic mass is 32.1. The molecule has 4 nitrogen and oxygen atoms in total. The minimum absolute atomic E-state index is 0.284. The molecule has 2 rings (SSSR count). The first-order valence-corrected chi connectivity index (χ1v) is 5.77. The molecule has 15 heavy (non-hydrogen) atoms. The standard InChI is InChI=1S/C10H14N4S/c1-7-6-15-10(13-7)8(2)11-5-9-3-4-12-14-9/h3-4,6,8,11H,5H2,1-2H3,(H,12,14). The molecule has 2 aromatic rings. The third kappa shape index (κ3) is 2.64. The smallest absolute Gasteiger partial charge is 0.110 e. The number of nitrogens with zero attached hydrogens (tertiary/aromatic N) is 2. The van der Waals surface area contributed by atoms with E-state index in [1.54, 1.807) is 17.5 Å². The van der Waals surface area contributed by atoms with Crippen LogP contribution >= 0.6 is 11.3 Å². The maximum absolute atomic E-state index is 4.44. The fraction of sp³-hybridized carbons (Fsp3) is 0.400. The van der Waals surface area contributed by atoms with Gasteiger partial charge in [-0.15, -0.1) is 11.3 Å². The molecule has 1 unspecified atom stereocenters. The molecule has 0 radical (unpaired) electrons. The van der Waals surface area contributed by atoms with Crippen molar-refractivity contribution >= 4 is 11.3 Å². The molecule has 0 aliphatic heterocycles. The lowest BCUT2D eigenvalue weighted by Gasteiger charge is -2.09. The number of aromatic nitrogens is 3. The molecule has 0 saturated heterocycles. The van der Waals surface area contributed by atoms with Crippen LogP contribution in [0.4, 0.5) is 0 Å². The minimum atomic E-state index is 0.284. The quantitative estimate of drug-likeness (QED) is 0.832. The zero-order valence-corrected chi connectivity index (χ0v) is 9.64. The average Bonchev–Trinajstić information content (AvgIpc) is 2.84. The van der Waals surface area contributed by atoms with Gasteiger partial charge in [-0.3, -0.25) is 5.10 Å². The van der Waals surface area contributed by atoms with Crippen molar-refractivity contribution in [3.8, 4) is 0 Å². The number of aryl methyl sites for hydroxylation is 1. The fourth-order valence-electron chi connectivity index (χ4n) is 1.30. The van der Waals surface area contributed by atoms with Gasteiger partial charge in [0, 0.05) is 29.5 Å². The van der Waals surface area contributed by atoms with Gasteiger partial charge in [0.1, 0.15) is 5.01 Å². The third-order valence-electron chi connectivity index (χ3n) is 2.16. The van der Waals surface area contributed by atoms with E-state index in [-0.39, 0.29) is 6.04 Å². The van der Waals surface area contributed by atoms with E-state index >= 15 is 0 Å². The Morgan fingerprint density at radius 1 is 1.60 bits per heavy atom. The Morgan fingerprint density at radius 2 is 2.47 bits per heavy atom. The predicted octanol–water partition coefficient (Wildman–Crippen LogP) is 2.03. The van der Waals surface area contributed by atoms with Crippen LogP contribution in [0.1, 0.15) is 29.4 Å². The number of rotatable bonds is 4. The van der Waals surface area contributed by atoms with Crippen molar-refractivity contribution in [1.82, 2.24) is 20.5 Å². The Bertz CT molecular complexity index is 407. The van der Waals surface area contributed by atoms with Crippen molar-refractivity contribution in [2.24, 2.45) is 0 Å². The lowest BCUT2D eigenvalue weighted by molar-refractivity contribution is 0.563. The number of aromatic amines is 1. The molecule has 0 bridgehead atoms. The van der Waals surface area contributed by atoms with Crippen molar-refractivity contribution in [2.45, 2.75) is 26.4 Å². The van der Waals surface area contributed by atoms with Gasteiger partial charge in [0.2, 0.25) is 0 Å². The zero-order chi connectivity index (χ0) is 10.7. The van der Waals surface area contributed by atoms with Gasteiger partial charge in [0.25, 0.3) is 0 Å². The maximum atomic E-state index is 4.44. The van der Waals surface area contributed by atoms with Crippen molar-refractivity contribution in [3.63, 3.8) is 0 Å². The molecular formula is C10H14N4S. The molecule has 2 N–H and O–H groups in total. The second-order valence-corrected chi connectivity index (χ2v) is 4.40. The number of hydrogen-bond donors (Lipinski definition) is 2. The van der Waals surface area contributed by atoms with Crippen LogP contribution in [0.3, 0.4) is 0 Å². The first-order chi connectivity index (χ1) is 7.25. The van der Waals surface area contributed by atoms with E-state index in [1.165, 1.54) is 0 Å². The summed E-state index contributed by atoms with van der Waals surface area (Å²) < 4.78 is 0. The summed E-state index contributed by atoms with van der Waals surface area (Å²) in [7, 11) is 0. The van der Waals surface area contributed by atoms with Crippen LogP contribution in [0.25, 0.3) is 0 Å². The molecule has 2 heterocycles. The summed E-state index contributed by atoms with van der Waals surface area (Å²) in [4.78, 5) is 4.44. The second-order valence-electron chi connectivity index (χ2n) is 3.51. The van der Waals surface area contributed by atoms with Crippen molar-refractivity contribution < 1.29 is 0 Å². The predicted molar refractivity (Wildman–Crippen MR) is 60.7 cm³/mol. The molecule has 0 amide bonds. The summed E-state index contributed by atoms with van der Waals surface area (Å²) in [6, 6.07) is 2.25. The van der Waals surface area contributed by atoms with Gasteiger partial charge in [-0.2, -0.15) is 5.10 Å². The summed E-state index contributed by atoms with van der Waals surface area (Å²) in [6.45, 7) is 4.93. The van der Waals surface area contributed by atoms with Crippen LogP contribution in [-0.2, 0) is 6.54 Å². The Kier molecular flexibility index (Phi) is 3.13. The van der Waals surface area contributed by atoms with Gasteiger partial charge < -0.3 is 5.32 Å². The van der Waals surface area contributed by atoms with Crippen molar-refractivity contribution in [1.29, 1.82) is 0 Å². The van der Waals surface area contributed by atoms with Gasteiger partial charge in [-0.25, -0.2) is 4.98 Å². The van der Waals surface area contributed by atoms with Gasteiger partial charge in [-0.1, -0.05) is 0 Å². The highest BCUT2D eigenvalue weighted by Gasteiger charge is 2.08. The average molecular weight is 222 g/mol. The molecule has 0 fully saturated rings. The van der Waals surface area contributed by atoms with Crippen molar-refractivity contribution in [3.05, 3.63) is 34.0 Å². The van der Waals surface area contributed by atoms with E-state index in [9.17, 15) is 0 Å². The number of thiazole rings is 1. The summed E-state index contributed by atoms with van der Waals surface area (Å²) in [6.07, 6.45) is 1.76. The van der Waals surface area contributed by atoms with Crippen LogP contribution in [0.5, 0.6) is 0 Å². The Balaban J connectivity index is 1.90. The topological polar surface area (TPSA) is 53.6 Å². The SMILES string of the molecule is Cc1csc(C(C)NCc2ccn[nH]2)n1. The Hall–Kier alpha value is -1.20. The molecule has 80 valence electrons. The van der Waals surface area contributed by atoms with E-state index in [0.717, 1.165) is 22.9 Å². The summed E-state index contributed by atoms with van der Waals surface area (Å²) in [5, 5.41) is 13.4. The number of nitrogens with one attached hydrogen (secondary N) is 2.